The fourth-order valence-electron chi connectivity index (χ4n) is 4.13. The van der Waals surface area contributed by atoms with Crippen LogP contribution < -0.4 is 5.32 Å². The van der Waals surface area contributed by atoms with Gasteiger partial charge in [-0.2, -0.15) is 5.10 Å². The van der Waals surface area contributed by atoms with Crippen LogP contribution in [0, 0.1) is 0 Å². The van der Waals surface area contributed by atoms with E-state index in [4.69, 9.17) is 4.11 Å². The molecule has 1 amide bonds. The Kier molecular flexibility index (Phi) is 2.85. The molecule has 2 bridgehead atoms. The van der Waals surface area contributed by atoms with Gasteiger partial charge in [0.25, 0.3) is 5.91 Å². The van der Waals surface area contributed by atoms with E-state index in [0.717, 1.165) is 30.2 Å². The zero-order chi connectivity index (χ0) is 18.5. The molecule has 0 saturated carbocycles. The van der Waals surface area contributed by atoms with Crippen LogP contribution in [0.3, 0.4) is 0 Å². The minimum Gasteiger partial charge on any atom is -0.348 e. The van der Waals surface area contributed by atoms with Crippen molar-refractivity contribution >= 4 is 16.8 Å². The minimum absolute atomic E-state index is 0.00262. The van der Waals surface area contributed by atoms with Crippen LogP contribution in [0.15, 0.2) is 24.3 Å². The predicted molar refractivity (Wildman–Crippen MR) is 90.4 cm³/mol. The highest BCUT2D eigenvalue weighted by Gasteiger charge is 2.36. The Hall–Kier alpha value is -1.88. The van der Waals surface area contributed by atoms with E-state index in [1.165, 1.54) is 0 Å². The third kappa shape index (κ3) is 2.53. The molecule has 1 unspecified atom stereocenters. The third-order valence-corrected chi connectivity index (χ3v) is 5.28. The summed E-state index contributed by atoms with van der Waals surface area (Å²) in [5.41, 5.74) is 1.36. The first kappa shape index (κ1) is 11.6. The maximum absolute atomic E-state index is 12.8. The van der Waals surface area contributed by atoms with Gasteiger partial charge in [0, 0.05) is 34.7 Å². The normalized spacial score (nSPS) is 30.5. The molecular weight excluding hydrogens is 289 g/mol. The molecule has 2 aromatic rings. The quantitative estimate of drug-likeness (QED) is 0.865. The van der Waals surface area contributed by atoms with E-state index < -0.39 is 6.98 Å². The number of piperidine rings is 2. The molecule has 23 heavy (non-hydrogen) atoms. The molecule has 2 fully saturated rings. The number of benzene rings is 1. The molecule has 1 N–H and O–H groups in total. The first-order chi connectivity index (χ1) is 12.3. The van der Waals surface area contributed by atoms with E-state index in [1.807, 2.05) is 31.3 Å². The van der Waals surface area contributed by atoms with Crippen LogP contribution in [-0.4, -0.2) is 45.7 Å². The summed E-state index contributed by atoms with van der Waals surface area (Å²) in [6.07, 6.45) is 4.20. The second-order valence-corrected chi connectivity index (χ2v) is 6.78. The lowest BCUT2D eigenvalue weighted by Gasteiger charge is -2.47. The van der Waals surface area contributed by atoms with Crippen molar-refractivity contribution in [1.82, 2.24) is 20.0 Å². The third-order valence-electron chi connectivity index (χ3n) is 5.28. The van der Waals surface area contributed by atoms with E-state index in [0.29, 0.717) is 18.5 Å². The molecule has 3 atom stereocenters. The number of carbonyl (C=O) groups excluding carboxylic acids is 1. The summed E-state index contributed by atoms with van der Waals surface area (Å²) in [5.74, 6) is -0.174. The summed E-state index contributed by atoms with van der Waals surface area (Å²) in [5, 5.41) is 8.34. The largest absolute Gasteiger partial charge is 0.348 e. The molecule has 2 saturated heterocycles. The Bertz CT molecular complexity index is 817. The van der Waals surface area contributed by atoms with Crippen LogP contribution in [0.25, 0.3) is 10.9 Å². The monoisotopic (exact) mass is 316 g/mol. The van der Waals surface area contributed by atoms with Crippen molar-refractivity contribution < 1.29 is 8.91 Å². The Labute approximate surface area is 140 Å². The number of hydrogen-bond acceptors (Lipinski definition) is 3. The van der Waals surface area contributed by atoms with Gasteiger partial charge < -0.3 is 10.2 Å². The standard InChI is InChI=1S/C18H24N4O/c1-21-13-6-5-7-14(21)11-12(10-13)19-18(23)17-15-8-3-4-9-16(15)22(2)20-17/h3-4,8-9,12-14H,5-7,10-11H2,1-2H3,(H,19,23)/t12?,13-,14+/i1+1D3. The summed E-state index contributed by atoms with van der Waals surface area (Å²) in [4.78, 5) is 14.5. The highest BCUT2D eigenvalue weighted by atomic mass is 16.2. The van der Waals surface area contributed by atoms with Gasteiger partial charge in [-0.3, -0.25) is 9.48 Å². The van der Waals surface area contributed by atoms with E-state index >= 15 is 0 Å². The van der Waals surface area contributed by atoms with Gasteiger partial charge in [-0.1, -0.05) is 24.6 Å². The number of fused-ring (bicyclic) bond motifs is 3. The Balaban J connectivity index is 1.52. The van der Waals surface area contributed by atoms with Gasteiger partial charge in [-0.05, 0) is 38.7 Å². The number of hydrogen-bond donors (Lipinski definition) is 1. The number of carbonyl (C=O) groups is 1. The zero-order valence-electron chi connectivity index (χ0n) is 16.3. The number of nitrogens with zero attached hydrogens (tertiary/aromatic N) is 3. The maximum atomic E-state index is 12.8. The summed E-state index contributed by atoms with van der Waals surface area (Å²) in [7, 11) is 1.83. The first-order valence-corrected chi connectivity index (χ1v) is 8.35. The summed E-state index contributed by atoms with van der Waals surface area (Å²) >= 11 is 0. The molecule has 1 aromatic heterocycles. The van der Waals surface area contributed by atoms with Crippen molar-refractivity contribution in [2.45, 2.75) is 50.2 Å². The topological polar surface area (TPSA) is 50.2 Å². The molecule has 2 aliphatic heterocycles. The molecule has 0 aliphatic carbocycles. The van der Waals surface area contributed by atoms with Crippen LogP contribution in [-0.2, 0) is 7.05 Å². The molecule has 2 aliphatic rings. The van der Waals surface area contributed by atoms with Crippen molar-refractivity contribution in [1.29, 1.82) is 0 Å². The van der Waals surface area contributed by atoms with Crippen LogP contribution in [0.2, 0.25) is 0 Å². The van der Waals surface area contributed by atoms with Gasteiger partial charge >= 0.3 is 0 Å². The summed E-state index contributed by atoms with van der Waals surface area (Å²) < 4.78 is 25.2. The van der Waals surface area contributed by atoms with Crippen LogP contribution >= 0.6 is 0 Å². The molecular formula is C18H24N4O. The lowest BCUT2D eigenvalue weighted by molar-refractivity contribution is 0.0462. The van der Waals surface area contributed by atoms with E-state index in [1.54, 1.807) is 9.58 Å². The molecule has 5 nitrogen and oxygen atoms in total. The van der Waals surface area contributed by atoms with Gasteiger partial charge in [0.15, 0.2) is 5.69 Å². The van der Waals surface area contributed by atoms with Crippen LogP contribution in [0.5, 0.6) is 0 Å². The number of rotatable bonds is 2. The van der Waals surface area contributed by atoms with Gasteiger partial charge in [0.2, 0.25) is 0 Å². The molecule has 122 valence electrons. The van der Waals surface area contributed by atoms with E-state index in [-0.39, 0.29) is 24.0 Å². The highest BCUT2D eigenvalue weighted by Crippen LogP contribution is 2.32. The second-order valence-electron chi connectivity index (χ2n) is 6.78. The number of para-hydroxylation sites is 1. The highest BCUT2D eigenvalue weighted by molar-refractivity contribution is 6.04. The molecule has 4 rings (SSSR count). The van der Waals surface area contributed by atoms with E-state index in [9.17, 15) is 4.79 Å². The zero-order valence-corrected chi connectivity index (χ0v) is 13.3. The Morgan fingerprint density at radius 1 is 1.30 bits per heavy atom. The van der Waals surface area contributed by atoms with Crippen molar-refractivity contribution in [3.8, 4) is 0 Å². The number of aryl methyl sites for hydroxylation is 1. The Morgan fingerprint density at radius 2 is 2.04 bits per heavy atom. The Morgan fingerprint density at radius 3 is 2.78 bits per heavy atom. The molecule has 0 spiro atoms. The number of amides is 1. The number of nitrogens with one attached hydrogen (secondary N) is 1. The molecule has 3 heterocycles. The van der Waals surface area contributed by atoms with Gasteiger partial charge in [0.1, 0.15) is 0 Å². The minimum atomic E-state index is -2.05. The van der Waals surface area contributed by atoms with Crippen LogP contribution in [0.1, 0.15) is 46.7 Å². The van der Waals surface area contributed by atoms with E-state index in [2.05, 4.69) is 10.4 Å². The molecule has 5 heteroatoms. The van der Waals surface area contributed by atoms with Crippen LogP contribution in [0.4, 0.5) is 0 Å². The molecule has 1 aromatic carbocycles. The van der Waals surface area contributed by atoms with Gasteiger partial charge in [-0.15, -0.1) is 0 Å². The van der Waals surface area contributed by atoms with Crippen molar-refractivity contribution in [2.24, 2.45) is 7.05 Å². The lowest BCUT2D eigenvalue weighted by Crippen LogP contribution is -2.55. The predicted octanol–water partition coefficient (Wildman–Crippen LogP) is 2.32. The second kappa shape index (κ2) is 5.64. The summed E-state index contributed by atoms with van der Waals surface area (Å²) in [6, 6.07) is 7.71. The SMILES string of the molecule is [2H][13C]([2H])([2H])N1[C@@H]2CCC[C@H]1CC(NC(=O)c1nn(C)c3ccccc13)C2. The lowest BCUT2D eigenvalue weighted by atomic mass is 9.83. The first-order valence-electron chi connectivity index (χ1n) is 9.85. The average molecular weight is 316 g/mol. The molecule has 0 radical (unpaired) electrons. The van der Waals surface area contributed by atoms with Crippen molar-refractivity contribution in [3.05, 3.63) is 30.0 Å². The smallest absolute Gasteiger partial charge is 0.272 e. The maximum Gasteiger partial charge on any atom is 0.272 e. The fourth-order valence-corrected chi connectivity index (χ4v) is 4.13. The number of aromatic nitrogens is 2. The summed E-state index contributed by atoms with van der Waals surface area (Å²) in [6.45, 7) is -2.05. The van der Waals surface area contributed by atoms with Crippen molar-refractivity contribution in [2.75, 3.05) is 6.98 Å². The van der Waals surface area contributed by atoms with Crippen molar-refractivity contribution in [3.63, 3.8) is 0 Å². The average Bonchev–Trinajstić information content (AvgIpc) is 2.91. The fraction of sp³-hybridized carbons (Fsp3) is 0.556. The van der Waals surface area contributed by atoms with Gasteiger partial charge in [0.05, 0.1) is 5.52 Å². The van der Waals surface area contributed by atoms with Gasteiger partial charge in [-0.25, -0.2) is 0 Å².